The van der Waals surface area contributed by atoms with E-state index >= 15 is 0 Å². The molecule has 3 heterocycles. The molecule has 7 heteroatoms. The Morgan fingerprint density at radius 1 is 0.870 bits per heavy atom. The van der Waals surface area contributed by atoms with E-state index in [4.69, 9.17) is 9.05 Å². The molecule has 23 heavy (non-hydrogen) atoms. The molecule has 0 amide bonds. The van der Waals surface area contributed by atoms with Gasteiger partial charge in [0.1, 0.15) is 0 Å². The second kappa shape index (κ2) is 5.40. The van der Waals surface area contributed by atoms with Crippen LogP contribution in [0.1, 0.15) is 79.7 Å². The number of likely N-dealkylation sites (tertiary alicyclic amines) is 1. The van der Waals surface area contributed by atoms with E-state index in [2.05, 4.69) is 25.2 Å². The van der Waals surface area contributed by atoms with Crippen LogP contribution in [0.5, 0.6) is 0 Å². The summed E-state index contributed by atoms with van der Waals surface area (Å²) >= 11 is 0. The Kier molecular flexibility index (Phi) is 3.21. The van der Waals surface area contributed by atoms with Crippen LogP contribution in [-0.4, -0.2) is 38.3 Å². The Labute approximate surface area is 134 Å². The zero-order chi connectivity index (χ0) is 15.2. The maximum Gasteiger partial charge on any atom is 0.229 e. The number of rotatable bonds is 5. The Hall–Kier alpha value is -1.76. The highest BCUT2D eigenvalue weighted by Gasteiger charge is 2.33. The molecule has 3 aliphatic rings. The summed E-state index contributed by atoms with van der Waals surface area (Å²) in [6.45, 7) is 2.76. The number of piperidine rings is 1. The van der Waals surface area contributed by atoms with Gasteiger partial charge in [0, 0.05) is 24.3 Å². The third kappa shape index (κ3) is 2.89. The van der Waals surface area contributed by atoms with Crippen LogP contribution in [0.3, 0.4) is 0 Å². The molecule has 0 N–H and O–H groups in total. The van der Waals surface area contributed by atoms with Crippen molar-refractivity contribution in [3.63, 3.8) is 0 Å². The highest BCUT2D eigenvalue weighted by Crippen LogP contribution is 2.40. The lowest BCUT2D eigenvalue weighted by atomic mass is 9.97. The molecule has 122 valence electrons. The SMILES string of the molecule is C1C[C@H](c2noc(C3CC3)n2)CN(Cc2noc(C3CC3)n2)C1. The van der Waals surface area contributed by atoms with Crippen LogP contribution < -0.4 is 0 Å². The third-order valence-corrected chi connectivity index (χ3v) is 5.03. The van der Waals surface area contributed by atoms with Gasteiger partial charge >= 0.3 is 0 Å². The van der Waals surface area contributed by atoms with Crippen molar-refractivity contribution < 1.29 is 9.05 Å². The van der Waals surface area contributed by atoms with Crippen LogP contribution >= 0.6 is 0 Å². The summed E-state index contributed by atoms with van der Waals surface area (Å²) in [6, 6.07) is 0. The first-order valence-corrected chi connectivity index (χ1v) is 8.73. The Morgan fingerprint density at radius 2 is 1.61 bits per heavy atom. The summed E-state index contributed by atoms with van der Waals surface area (Å²) in [5.74, 6) is 4.74. The minimum atomic E-state index is 0.356. The molecule has 5 rings (SSSR count). The van der Waals surface area contributed by atoms with Gasteiger partial charge in [-0.3, -0.25) is 4.90 Å². The smallest absolute Gasteiger partial charge is 0.229 e. The van der Waals surface area contributed by atoms with Crippen LogP contribution in [0.25, 0.3) is 0 Å². The van der Waals surface area contributed by atoms with Crippen molar-refractivity contribution in [1.29, 1.82) is 0 Å². The minimum absolute atomic E-state index is 0.356. The van der Waals surface area contributed by atoms with Crippen molar-refractivity contribution in [2.24, 2.45) is 0 Å². The average molecular weight is 315 g/mol. The standard InChI is InChI=1S/C16H21N5O2/c1-2-12(14-18-16(23-20-14)11-5-6-11)8-21(7-1)9-13-17-15(22-19-13)10-3-4-10/h10-12H,1-9H2/t12-/m0/s1. The number of hydrogen-bond donors (Lipinski definition) is 0. The van der Waals surface area contributed by atoms with Gasteiger partial charge in [0.05, 0.1) is 6.54 Å². The number of nitrogens with zero attached hydrogens (tertiary/aromatic N) is 5. The van der Waals surface area contributed by atoms with Crippen LogP contribution in [0.4, 0.5) is 0 Å². The van der Waals surface area contributed by atoms with E-state index < -0.39 is 0 Å². The molecule has 7 nitrogen and oxygen atoms in total. The third-order valence-electron chi connectivity index (χ3n) is 5.03. The molecule has 2 saturated carbocycles. The van der Waals surface area contributed by atoms with Gasteiger partial charge in [-0.2, -0.15) is 9.97 Å². The predicted molar refractivity (Wildman–Crippen MR) is 79.8 cm³/mol. The van der Waals surface area contributed by atoms with Crippen molar-refractivity contribution in [3.8, 4) is 0 Å². The zero-order valence-corrected chi connectivity index (χ0v) is 13.1. The van der Waals surface area contributed by atoms with Crippen LogP contribution in [0.15, 0.2) is 9.05 Å². The normalized spacial score (nSPS) is 25.8. The van der Waals surface area contributed by atoms with Crippen LogP contribution in [0, 0.1) is 0 Å². The van der Waals surface area contributed by atoms with Gasteiger partial charge in [-0.1, -0.05) is 10.3 Å². The molecule has 2 aromatic heterocycles. The molecule has 2 aromatic rings. The van der Waals surface area contributed by atoms with Crippen LogP contribution in [-0.2, 0) is 6.54 Å². The summed E-state index contributed by atoms with van der Waals surface area (Å²) in [6.07, 6.45) is 7.04. The molecule has 2 aliphatic carbocycles. The Morgan fingerprint density at radius 3 is 2.39 bits per heavy atom. The van der Waals surface area contributed by atoms with E-state index in [1.54, 1.807) is 0 Å². The summed E-state index contributed by atoms with van der Waals surface area (Å²) in [5.41, 5.74) is 0. The summed E-state index contributed by atoms with van der Waals surface area (Å²) in [4.78, 5) is 11.5. The lowest BCUT2D eigenvalue weighted by Crippen LogP contribution is -2.34. The first kappa shape index (κ1) is 13.7. The van der Waals surface area contributed by atoms with Crippen molar-refractivity contribution in [3.05, 3.63) is 23.4 Å². The molecular weight excluding hydrogens is 294 g/mol. The monoisotopic (exact) mass is 315 g/mol. The predicted octanol–water partition coefficient (Wildman–Crippen LogP) is 2.59. The first-order valence-electron chi connectivity index (χ1n) is 8.73. The molecular formula is C16H21N5O2. The van der Waals surface area contributed by atoms with Crippen molar-refractivity contribution >= 4 is 0 Å². The molecule has 1 aliphatic heterocycles. The Bertz CT molecular complexity index is 688. The quantitative estimate of drug-likeness (QED) is 0.838. The van der Waals surface area contributed by atoms with Crippen LogP contribution in [0.2, 0.25) is 0 Å². The van der Waals surface area contributed by atoms with Gasteiger partial charge in [-0.05, 0) is 45.1 Å². The molecule has 0 radical (unpaired) electrons. The van der Waals surface area contributed by atoms with E-state index in [0.29, 0.717) is 17.8 Å². The lowest BCUT2D eigenvalue weighted by molar-refractivity contribution is 0.188. The maximum atomic E-state index is 5.41. The Balaban J connectivity index is 1.24. The molecule has 0 bridgehead atoms. The van der Waals surface area contributed by atoms with E-state index in [0.717, 1.165) is 55.9 Å². The fourth-order valence-corrected chi connectivity index (χ4v) is 3.35. The summed E-state index contributed by atoms with van der Waals surface area (Å²) in [7, 11) is 0. The summed E-state index contributed by atoms with van der Waals surface area (Å²) in [5, 5.41) is 8.34. The van der Waals surface area contributed by atoms with E-state index in [9.17, 15) is 0 Å². The van der Waals surface area contributed by atoms with E-state index in [-0.39, 0.29) is 0 Å². The largest absolute Gasteiger partial charge is 0.339 e. The molecule has 1 atom stereocenters. The average Bonchev–Trinajstić information content (AvgIpc) is 3.51. The van der Waals surface area contributed by atoms with E-state index in [1.807, 2.05) is 0 Å². The lowest BCUT2D eigenvalue weighted by Gasteiger charge is -2.30. The molecule has 0 aromatic carbocycles. The summed E-state index contributed by atoms with van der Waals surface area (Å²) < 4.78 is 10.8. The molecule has 1 saturated heterocycles. The topological polar surface area (TPSA) is 81.1 Å². The van der Waals surface area contributed by atoms with Crippen molar-refractivity contribution in [2.75, 3.05) is 13.1 Å². The second-order valence-electron chi connectivity index (χ2n) is 7.16. The highest BCUT2D eigenvalue weighted by atomic mass is 16.5. The van der Waals surface area contributed by atoms with Gasteiger partial charge in [0.25, 0.3) is 0 Å². The molecule has 0 spiro atoms. The number of aromatic nitrogens is 4. The van der Waals surface area contributed by atoms with Crippen molar-refractivity contribution in [2.45, 2.75) is 62.8 Å². The van der Waals surface area contributed by atoms with Crippen molar-refractivity contribution in [1.82, 2.24) is 25.2 Å². The first-order chi connectivity index (χ1) is 11.3. The van der Waals surface area contributed by atoms with Gasteiger partial charge in [0.2, 0.25) is 11.8 Å². The second-order valence-corrected chi connectivity index (χ2v) is 7.16. The van der Waals surface area contributed by atoms with Gasteiger partial charge in [0.15, 0.2) is 11.6 Å². The zero-order valence-electron chi connectivity index (χ0n) is 13.1. The van der Waals surface area contributed by atoms with E-state index in [1.165, 1.54) is 25.7 Å². The molecule has 3 fully saturated rings. The highest BCUT2D eigenvalue weighted by molar-refractivity contribution is 5.06. The van der Waals surface area contributed by atoms with Gasteiger partial charge < -0.3 is 9.05 Å². The number of hydrogen-bond acceptors (Lipinski definition) is 7. The van der Waals surface area contributed by atoms with Gasteiger partial charge in [-0.25, -0.2) is 0 Å². The fraction of sp³-hybridized carbons (Fsp3) is 0.750. The maximum absolute atomic E-state index is 5.41. The minimum Gasteiger partial charge on any atom is -0.339 e. The van der Waals surface area contributed by atoms with Gasteiger partial charge in [-0.15, -0.1) is 0 Å². The fourth-order valence-electron chi connectivity index (χ4n) is 3.35. The molecule has 0 unspecified atom stereocenters.